The Kier molecular flexibility index (Phi) is 33.9. The molecular formula is C32H60O4. The molecule has 1 unspecified atom stereocenters. The highest BCUT2D eigenvalue weighted by molar-refractivity contribution is 5.03. The molecule has 4 heteroatoms. The summed E-state index contributed by atoms with van der Waals surface area (Å²) in [4.78, 5) is 0. The van der Waals surface area contributed by atoms with Crippen LogP contribution in [0.25, 0.3) is 0 Å². The smallest absolute Gasteiger partial charge is 0.0800 e. The Bertz CT molecular complexity index is 612. The van der Waals surface area contributed by atoms with Crippen LogP contribution in [0, 0.1) is 0 Å². The molecule has 4 N–H and O–H groups in total. The molecule has 1 atom stereocenters. The molecule has 0 radical (unpaired) electrons. The Morgan fingerprint density at radius 3 is 1.19 bits per heavy atom. The summed E-state index contributed by atoms with van der Waals surface area (Å²) in [5.41, 5.74) is 5.86. The molecule has 0 bridgehead atoms. The van der Waals surface area contributed by atoms with Gasteiger partial charge >= 0.3 is 0 Å². The highest BCUT2D eigenvalue weighted by Crippen LogP contribution is 2.13. The van der Waals surface area contributed by atoms with Gasteiger partial charge in [0, 0.05) is 6.61 Å². The third-order valence-electron chi connectivity index (χ3n) is 4.70. The zero-order chi connectivity index (χ0) is 29.0. The van der Waals surface area contributed by atoms with E-state index in [1.165, 1.54) is 27.9 Å². The van der Waals surface area contributed by atoms with Crippen LogP contribution in [-0.2, 0) is 0 Å². The van der Waals surface area contributed by atoms with Crippen LogP contribution in [0.4, 0.5) is 0 Å². The zero-order valence-corrected chi connectivity index (χ0v) is 25.3. The second-order valence-corrected chi connectivity index (χ2v) is 9.80. The molecule has 36 heavy (non-hydrogen) atoms. The van der Waals surface area contributed by atoms with Crippen LogP contribution in [0.5, 0.6) is 0 Å². The van der Waals surface area contributed by atoms with Gasteiger partial charge in [-0.25, -0.2) is 0 Å². The van der Waals surface area contributed by atoms with Gasteiger partial charge in [-0.05, 0) is 108 Å². The minimum Gasteiger partial charge on any atom is -0.397 e. The van der Waals surface area contributed by atoms with E-state index in [2.05, 4.69) is 80.2 Å². The molecule has 0 aromatic heterocycles. The minimum atomic E-state index is -0.702. The van der Waals surface area contributed by atoms with E-state index < -0.39 is 5.60 Å². The average molecular weight is 509 g/mol. The molecule has 0 aliphatic heterocycles. The standard InChI is InChI=1S/3C10H18O.C2H6O/c2*1-9(2)5-4-6-10(3)7-8-11;1-5-10(4,11)8-6-7-9(2)3;1-2-3/h2*5,7,11H,4,6,8H2,1-3H3;5,7,11H,1,6,8H2,2-4H3;3H,2H2,1H3/b10-7+;10-7-;;. The van der Waals surface area contributed by atoms with E-state index in [9.17, 15) is 5.11 Å². The van der Waals surface area contributed by atoms with Crippen molar-refractivity contribution in [2.45, 2.75) is 113 Å². The lowest BCUT2D eigenvalue weighted by Gasteiger charge is -2.16. The first-order valence-electron chi connectivity index (χ1n) is 13.1. The van der Waals surface area contributed by atoms with E-state index in [1.807, 2.05) is 12.2 Å². The summed E-state index contributed by atoms with van der Waals surface area (Å²) in [7, 11) is 0. The molecule has 0 aromatic rings. The van der Waals surface area contributed by atoms with Crippen LogP contribution >= 0.6 is 0 Å². The first-order valence-corrected chi connectivity index (χ1v) is 13.1. The van der Waals surface area contributed by atoms with Gasteiger partial charge in [-0.1, -0.05) is 64.3 Å². The van der Waals surface area contributed by atoms with Crippen molar-refractivity contribution in [1.29, 1.82) is 0 Å². The Hall–Kier alpha value is -1.72. The van der Waals surface area contributed by atoms with E-state index in [1.54, 1.807) is 19.9 Å². The fourth-order valence-electron chi connectivity index (χ4n) is 2.45. The fraction of sp³-hybridized carbons (Fsp3) is 0.625. The topological polar surface area (TPSA) is 80.9 Å². The Balaban J connectivity index is -0.000000202. The molecular weight excluding hydrogens is 448 g/mol. The van der Waals surface area contributed by atoms with Gasteiger partial charge in [-0.15, -0.1) is 6.58 Å². The summed E-state index contributed by atoms with van der Waals surface area (Å²) < 4.78 is 0. The predicted molar refractivity (Wildman–Crippen MR) is 161 cm³/mol. The lowest BCUT2D eigenvalue weighted by molar-refractivity contribution is 0.103. The van der Waals surface area contributed by atoms with Crippen LogP contribution in [0.2, 0.25) is 0 Å². The molecule has 0 aliphatic rings. The summed E-state index contributed by atoms with van der Waals surface area (Å²) in [5.74, 6) is 0. The van der Waals surface area contributed by atoms with Gasteiger partial charge in [0.25, 0.3) is 0 Å². The highest BCUT2D eigenvalue weighted by Gasteiger charge is 2.12. The van der Waals surface area contributed by atoms with E-state index in [0.717, 1.165) is 38.5 Å². The van der Waals surface area contributed by atoms with Crippen LogP contribution < -0.4 is 0 Å². The molecule has 0 aliphatic carbocycles. The van der Waals surface area contributed by atoms with E-state index in [4.69, 9.17) is 15.3 Å². The van der Waals surface area contributed by atoms with Gasteiger partial charge in [0.1, 0.15) is 0 Å². The first-order chi connectivity index (χ1) is 16.7. The normalized spacial score (nSPS) is 12.2. The van der Waals surface area contributed by atoms with Crippen LogP contribution in [0.1, 0.15) is 108 Å². The van der Waals surface area contributed by atoms with Gasteiger partial charge in [-0.3, -0.25) is 0 Å². The summed E-state index contributed by atoms with van der Waals surface area (Å²) in [6, 6.07) is 0. The molecule has 0 aromatic carbocycles. The van der Waals surface area contributed by atoms with Gasteiger partial charge in [0.05, 0.1) is 18.8 Å². The third-order valence-corrected chi connectivity index (χ3v) is 4.70. The maximum Gasteiger partial charge on any atom is 0.0800 e. The van der Waals surface area contributed by atoms with Gasteiger partial charge in [0.2, 0.25) is 0 Å². The second-order valence-electron chi connectivity index (χ2n) is 9.80. The number of allylic oxidation sites excluding steroid dienone is 8. The summed E-state index contributed by atoms with van der Waals surface area (Å²) in [5, 5.41) is 34.2. The molecule has 0 fully saturated rings. The van der Waals surface area contributed by atoms with E-state index >= 15 is 0 Å². The zero-order valence-electron chi connectivity index (χ0n) is 25.3. The maximum absolute atomic E-state index is 9.49. The van der Waals surface area contributed by atoms with Gasteiger partial charge < -0.3 is 20.4 Å². The summed E-state index contributed by atoms with van der Waals surface area (Å²) in [6.45, 7) is 24.2. The average Bonchev–Trinajstić information content (AvgIpc) is 2.75. The second kappa shape index (κ2) is 29.5. The third kappa shape index (κ3) is 45.7. The quantitative estimate of drug-likeness (QED) is 0.201. The number of hydrogen-bond donors (Lipinski definition) is 4. The summed E-state index contributed by atoms with van der Waals surface area (Å²) in [6.07, 6.45) is 17.8. The number of rotatable bonds is 12. The van der Waals surface area contributed by atoms with E-state index in [-0.39, 0.29) is 19.8 Å². The first kappa shape index (κ1) is 41.4. The lowest BCUT2D eigenvalue weighted by atomic mass is 10.00. The van der Waals surface area contributed by atoms with Crippen molar-refractivity contribution < 1.29 is 20.4 Å². The molecule has 0 saturated carbocycles. The summed E-state index contributed by atoms with van der Waals surface area (Å²) >= 11 is 0. The SMILES string of the molecule is C=CC(C)(O)CCC=C(C)C.CC(C)=CCC/C(C)=C/CO.CC(C)=CCC/C(C)=C\CO.CCO. The molecule has 0 spiro atoms. The molecule has 0 heterocycles. The fourth-order valence-corrected chi connectivity index (χ4v) is 2.45. The number of aliphatic hydroxyl groups excluding tert-OH is 3. The van der Waals surface area contributed by atoms with Crippen molar-refractivity contribution in [3.05, 3.63) is 70.9 Å². The predicted octanol–water partition coefficient (Wildman–Crippen LogP) is 8.01. The van der Waals surface area contributed by atoms with Crippen molar-refractivity contribution in [3.8, 4) is 0 Å². The van der Waals surface area contributed by atoms with Crippen LogP contribution in [0.3, 0.4) is 0 Å². The number of hydrogen-bond acceptors (Lipinski definition) is 4. The molecule has 212 valence electrons. The van der Waals surface area contributed by atoms with Crippen LogP contribution in [-0.4, -0.2) is 45.8 Å². The van der Waals surface area contributed by atoms with Crippen LogP contribution in [0.15, 0.2) is 70.9 Å². The van der Waals surface area contributed by atoms with E-state index in [0.29, 0.717) is 0 Å². The van der Waals surface area contributed by atoms with Crippen molar-refractivity contribution in [2.24, 2.45) is 0 Å². The van der Waals surface area contributed by atoms with Crippen molar-refractivity contribution in [2.75, 3.05) is 19.8 Å². The number of aliphatic hydroxyl groups is 4. The van der Waals surface area contributed by atoms with Crippen molar-refractivity contribution >= 4 is 0 Å². The molecule has 0 saturated heterocycles. The van der Waals surface area contributed by atoms with Gasteiger partial charge in [-0.2, -0.15) is 0 Å². The van der Waals surface area contributed by atoms with Crippen molar-refractivity contribution in [3.63, 3.8) is 0 Å². The Morgan fingerprint density at radius 2 is 0.944 bits per heavy atom. The minimum absolute atomic E-state index is 0.167. The lowest BCUT2D eigenvalue weighted by Crippen LogP contribution is -2.19. The van der Waals surface area contributed by atoms with Gasteiger partial charge in [0.15, 0.2) is 0 Å². The monoisotopic (exact) mass is 508 g/mol. The Labute approximate surface area is 224 Å². The van der Waals surface area contributed by atoms with Crippen molar-refractivity contribution in [1.82, 2.24) is 0 Å². The Morgan fingerprint density at radius 1 is 0.639 bits per heavy atom. The molecule has 0 rings (SSSR count). The molecule has 4 nitrogen and oxygen atoms in total. The highest BCUT2D eigenvalue weighted by atomic mass is 16.3. The largest absolute Gasteiger partial charge is 0.397 e. The molecule has 0 amide bonds. The maximum atomic E-state index is 9.49.